The Morgan fingerprint density at radius 2 is 1.67 bits per heavy atom. The van der Waals surface area contributed by atoms with Gasteiger partial charge in [0.05, 0.1) is 0 Å². The second kappa shape index (κ2) is 4.76. The van der Waals surface area contributed by atoms with Crippen LogP contribution in [0.4, 0.5) is 0 Å². The molecule has 0 saturated carbocycles. The van der Waals surface area contributed by atoms with Crippen molar-refractivity contribution in [2.75, 3.05) is 0 Å². The number of benzene rings is 2. The first-order chi connectivity index (χ1) is 8.74. The normalized spacial score (nSPS) is 10.8. The van der Waals surface area contributed by atoms with Crippen molar-refractivity contribution in [2.24, 2.45) is 0 Å². The Bertz CT molecular complexity index is 707. The predicted molar refractivity (Wildman–Crippen MR) is 77.6 cm³/mol. The number of halogens is 1. The third-order valence-corrected chi connectivity index (χ3v) is 3.83. The second-order valence-corrected chi connectivity index (χ2v) is 5.38. The SMILES string of the molecule is Clc1ccc(-c2cc3ccccc3c([As])n2)cc1. The van der Waals surface area contributed by atoms with Gasteiger partial charge in [-0.3, -0.25) is 0 Å². The van der Waals surface area contributed by atoms with Gasteiger partial charge in [0.2, 0.25) is 0 Å². The first-order valence-electron chi connectivity index (χ1n) is 5.59. The zero-order chi connectivity index (χ0) is 12.5. The molecule has 2 radical (unpaired) electrons. The molecule has 0 unspecified atom stereocenters. The van der Waals surface area contributed by atoms with Crippen molar-refractivity contribution in [3.8, 4) is 11.3 Å². The van der Waals surface area contributed by atoms with Gasteiger partial charge in [-0.15, -0.1) is 0 Å². The van der Waals surface area contributed by atoms with Gasteiger partial charge in [0, 0.05) is 0 Å². The summed E-state index contributed by atoms with van der Waals surface area (Å²) < 4.78 is 0.991. The fourth-order valence-electron chi connectivity index (χ4n) is 1.95. The minimum atomic E-state index is 0.743. The number of rotatable bonds is 1. The molecular weight excluding hydrogens is 305 g/mol. The third kappa shape index (κ3) is 2.16. The topological polar surface area (TPSA) is 12.9 Å². The number of aromatic nitrogens is 1. The number of hydrogen-bond acceptors (Lipinski definition) is 1. The molecule has 86 valence electrons. The molecule has 0 amide bonds. The van der Waals surface area contributed by atoms with Gasteiger partial charge >= 0.3 is 120 Å². The van der Waals surface area contributed by atoms with Crippen LogP contribution in [0.3, 0.4) is 0 Å². The Labute approximate surface area is 119 Å². The molecule has 3 aromatic rings. The van der Waals surface area contributed by atoms with Crippen molar-refractivity contribution in [3.05, 3.63) is 59.6 Å². The number of pyridine rings is 1. The quantitative estimate of drug-likeness (QED) is 0.628. The Morgan fingerprint density at radius 3 is 2.44 bits per heavy atom. The molecule has 1 nitrogen and oxygen atoms in total. The summed E-state index contributed by atoms with van der Waals surface area (Å²) in [7, 11) is 0. The first-order valence-corrected chi connectivity index (χ1v) is 6.90. The zero-order valence-electron chi connectivity index (χ0n) is 9.47. The minimum absolute atomic E-state index is 0.743. The van der Waals surface area contributed by atoms with Crippen LogP contribution >= 0.6 is 11.6 Å². The molecule has 3 rings (SSSR count). The van der Waals surface area contributed by atoms with E-state index < -0.39 is 0 Å². The van der Waals surface area contributed by atoms with Gasteiger partial charge in [0.25, 0.3) is 0 Å². The molecule has 1 aromatic heterocycles. The van der Waals surface area contributed by atoms with Crippen molar-refractivity contribution >= 4 is 43.7 Å². The van der Waals surface area contributed by atoms with E-state index in [-0.39, 0.29) is 0 Å². The summed E-state index contributed by atoms with van der Waals surface area (Å²) in [5.41, 5.74) is 2.05. The van der Waals surface area contributed by atoms with Gasteiger partial charge in [-0.1, -0.05) is 0 Å². The van der Waals surface area contributed by atoms with E-state index in [0.29, 0.717) is 0 Å². The predicted octanol–water partition coefficient (Wildman–Crippen LogP) is 3.35. The van der Waals surface area contributed by atoms with Gasteiger partial charge in [-0.05, 0) is 0 Å². The summed E-state index contributed by atoms with van der Waals surface area (Å²) >= 11 is 8.44. The number of fused-ring (bicyclic) bond motifs is 1. The summed E-state index contributed by atoms with van der Waals surface area (Å²) in [5, 5.41) is 3.12. The van der Waals surface area contributed by atoms with Crippen molar-refractivity contribution < 1.29 is 0 Å². The van der Waals surface area contributed by atoms with E-state index >= 15 is 0 Å². The van der Waals surface area contributed by atoms with E-state index in [9.17, 15) is 0 Å². The van der Waals surface area contributed by atoms with Crippen molar-refractivity contribution in [3.63, 3.8) is 0 Å². The Balaban J connectivity index is 2.21. The van der Waals surface area contributed by atoms with E-state index in [1.54, 1.807) is 0 Å². The second-order valence-electron chi connectivity index (χ2n) is 4.06. The van der Waals surface area contributed by atoms with Gasteiger partial charge in [-0.2, -0.15) is 0 Å². The summed E-state index contributed by atoms with van der Waals surface area (Å²) in [6.45, 7) is 0. The van der Waals surface area contributed by atoms with Gasteiger partial charge in [0.15, 0.2) is 0 Å². The molecule has 0 fully saturated rings. The average molecular weight is 314 g/mol. The van der Waals surface area contributed by atoms with Crippen LogP contribution in [0, 0.1) is 0 Å². The Kier molecular flexibility index (Phi) is 3.11. The number of nitrogens with zero attached hydrogens (tertiary/aromatic N) is 1. The fourth-order valence-corrected chi connectivity index (χ4v) is 2.73. The van der Waals surface area contributed by atoms with Crippen LogP contribution in [0.25, 0.3) is 22.0 Å². The molecule has 0 spiro atoms. The molecule has 0 atom stereocenters. The molecular formula is C15H9AsClN. The molecule has 0 aliphatic rings. The van der Waals surface area contributed by atoms with Crippen LogP contribution in [-0.2, 0) is 0 Å². The summed E-state index contributed by atoms with van der Waals surface area (Å²) in [6.07, 6.45) is 0. The first kappa shape index (κ1) is 11.8. The molecule has 0 bridgehead atoms. The molecule has 0 aliphatic heterocycles. The zero-order valence-corrected chi connectivity index (χ0v) is 12.1. The van der Waals surface area contributed by atoms with E-state index in [0.717, 1.165) is 20.8 Å². The molecule has 1 heterocycles. The molecule has 3 heteroatoms. The third-order valence-electron chi connectivity index (χ3n) is 2.86. The van der Waals surface area contributed by atoms with E-state index in [2.05, 4.69) is 40.0 Å². The molecule has 2 aromatic carbocycles. The van der Waals surface area contributed by atoms with Crippen LogP contribution in [0.15, 0.2) is 54.6 Å². The summed E-state index contributed by atoms with van der Waals surface area (Å²) in [5.74, 6) is 0. The van der Waals surface area contributed by atoms with Crippen LogP contribution in [-0.4, -0.2) is 21.8 Å². The maximum absolute atomic E-state index is 5.90. The molecule has 0 aliphatic carbocycles. The number of hydrogen-bond donors (Lipinski definition) is 0. The van der Waals surface area contributed by atoms with Crippen molar-refractivity contribution in [1.29, 1.82) is 0 Å². The van der Waals surface area contributed by atoms with Crippen LogP contribution in [0.2, 0.25) is 5.02 Å². The van der Waals surface area contributed by atoms with Gasteiger partial charge < -0.3 is 0 Å². The summed E-state index contributed by atoms with van der Waals surface area (Å²) in [4.78, 5) is 4.63. The summed E-state index contributed by atoms with van der Waals surface area (Å²) in [6, 6.07) is 18.1. The van der Waals surface area contributed by atoms with Crippen LogP contribution < -0.4 is 4.48 Å². The Hall–Kier alpha value is -1.30. The van der Waals surface area contributed by atoms with Crippen LogP contribution in [0.5, 0.6) is 0 Å². The van der Waals surface area contributed by atoms with Crippen LogP contribution in [0.1, 0.15) is 0 Å². The fraction of sp³-hybridized carbons (Fsp3) is 0. The Morgan fingerprint density at radius 1 is 0.944 bits per heavy atom. The van der Waals surface area contributed by atoms with Crippen molar-refractivity contribution in [2.45, 2.75) is 0 Å². The van der Waals surface area contributed by atoms with E-state index in [1.165, 1.54) is 10.8 Å². The standard InChI is InChI=1S/C15H9AsClN/c16-15-13-4-2-1-3-11(13)9-14(18-15)10-5-7-12(17)8-6-10/h1-9H. The molecule has 0 N–H and O–H groups in total. The maximum atomic E-state index is 5.90. The van der Waals surface area contributed by atoms with E-state index in [1.807, 2.05) is 36.4 Å². The monoisotopic (exact) mass is 313 g/mol. The van der Waals surface area contributed by atoms with E-state index in [4.69, 9.17) is 11.6 Å². The molecule has 18 heavy (non-hydrogen) atoms. The molecule has 0 saturated heterocycles. The van der Waals surface area contributed by atoms with Crippen molar-refractivity contribution in [1.82, 2.24) is 4.98 Å². The average Bonchev–Trinajstić information content (AvgIpc) is 2.39. The van der Waals surface area contributed by atoms with Gasteiger partial charge in [-0.25, -0.2) is 0 Å². The van der Waals surface area contributed by atoms with Gasteiger partial charge in [0.1, 0.15) is 0 Å².